The number of hydrogen-bond acceptors (Lipinski definition) is 5. The van der Waals surface area contributed by atoms with Crippen molar-refractivity contribution in [3.8, 4) is 11.8 Å². The molecule has 0 bridgehead atoms. The number of fused-ring (bicyclic) bond motifs is 1. The second-order valence-electron chi connectivity index (χ2n) is 10.7. The first-order valence-electron chi connectivity index (χ1n) is 14.1. The van der Waals surface area contributed by atoms with Crippen molar-refractivity contribution in [1.82, 2.24) is 26.3 Å². The molecule has 2 aromatic rings. The van der Waals surface area contributed by atoms with Crippen LogP contribution in [-0.2, 0) is 19.9 Å². The van der Waals surface area contributed by atoms with Crippen molar-refractivity contribution in [3.63, 3.8) is 0 Å². The van der Waals surface area contributed by atoms with Crippen molar-refractivity contribution in [3.05, 3.63) is 87.1 Å². The van der Waals surface area contributed by atoms with E-state index < -0.39 is 17.9 Å². The first kappa shape index (κ1) is 27.9. The maximum Gasteiger partial charge on any atom is 0.310 e. The van der Waals surface area contributed by atoms with Gasteiger partial charge in [-0.05, 0) is 91.1 Å². The molecule has 1 aliphatic heterocycles. The van der Waals surface area contributed by atoms with Gasteiger partial charge < -0.3 is 21.3 Å². The number of nitrogens with one attached hydrogen (secondary N) is 4. The molecule has 4 N–H and O–H groups in total. The van der Waals surface area contributed by atoms with Crippen molar-refractivity contribution in [1.29, 1.82) is 0 Å². The molecule has 210 valence electrons. The van der Waals surface area contributed by atoms with E-state index in [1.165, 1.54) is 5.22 Å². The monoisotopic (exact) mass is 549 g/mol. The molecule has 8 nitrogen and oxygen atoms in total. The van der Waals surface area contributed by atoms with Gasteiger partial charge in [-0.25, -0.2) is 4.98 Å². The van der Waals surface area contributed by atoms with E-state index in [2.05, 4.69) is 62.4 Å². The van der Waals surface area contributed by atoms with Crippen LogP contribution < -0.4 is 31.7 Å². The lowest BCUT2D eigenvalue weighted by molar-refractivity contribution is -0.139. The standard InChI is InChI=1S/C33H35N5O3/c1-22-7-5-18-35-29(22)14-11-23(2)37-32(41)31(40)36-21-25-8-3-4-10-28(25)30(39)38-33(15-16-33)27-13-12-24-9-6-17-34-20-26(24)19-27/h5,7-10,12-13,18-20,23,34H,3-4,6,15-17,21H2,1-2H3,(H,36,40)(H,37,41)(H,38,39). The Morgan fingerprint density at radius 2 is 1.88 bits per heavy atom. The molecule has 1 saturated carbocycles. The lowest BCUT2D eigenvalue weighted by Gasteiger charge is -2.22. The molecule has 5 rings (SSSR count). The molecule has 1 atom stereocenters. The molecule has 1 fully saturated rings. The summed E-state index contributed by atoms with van der Waals surface area (Å²) in [6.07, 6.45) is 14.0. The number of aromatic nitrogens is 1. The third kappa shape index (κ3) is 6.75. The van der Waals surface area contributed by atoms with Gasteiger partial charge in [-0.3, -0.25) is 14.4 Å². The summed E-state index contributed by atoms with van der Waals surface area (Å²) in [6.45, 7) is 4.61. The van der Waals surface area contributed by atoms with E-state index in [9.17, 15) is 14.4 Å². The van der Waals surface area contributed by atoms with Gasteiger partial charge in [-0.2, -0.15) is 0 Å². The highest BCUT2D eigenvalue weighted by Gasteiger charge is 2.46. The number of nitrogens with zero attached hydrogens (tertiary/aromatic N) is 1. The fourth-order valence-corrected chi connectivity index (χ4v) is 5.05. The zero-order valence-corrected chi connectivity index (χ0v) is 23.5. The van der Waals surface area contributed by atoms with Crippen LogP contribution in [0.5, 0.6) is 0 Å². The number of hydrogen-bond donors (Lipinski definition) is 4. The fourth-order valence-electron chi connectivity index (χ4n) is 5.05. The van der Waals surface area contributed by atoms with Crippen molar-refractivity contribution in [2.45, 2.75) is 57.5 Å². The molecule has 0 spiro atoms. The van der Waals surface area contributed by atoms with E-state index in [4.69, 9.17) is 0 Å². The van der Waals surface area contributed by atoms with Crippen LogP contribution in [0, 0.1) is 18.8 Å². The summed E-state index contributed by atoms with van der Waals surface area (Å²) in [6, 6.07) is 9.58. The van der Waals surface area contributed by atoms with E-state index >= 15 is 0 Å². The van der Waals surface area contributed by atoms with Crippen molar-refractivity contribution in [2.24, 2.45) is 0 Å². The molecule has 0 radical (unpaired) electrons. The second kappa shape index (κ2) is 12.3. The van der Waals surface area contributed by atoms with Crippen LogP contribution >= 0.6 is 0 Å². The smallest absolute Gasteiger partial charge is 0.310 e. The Labute approximate surface area is 240 Å². The van der Waals surface area contributed by atoms with E-state index in [0.717, 1.165) is 55.0 Å². The molecule has 2 heterocycles. The number of aryl methyl sites for hydroxylation is 1. The molecule has 1 aromatic carbocycles. The molecule has 1 aromatic heterocycles. The number of carbonyl (C=O) groups is 3. The van der Waals surface area contributed by atoms with Crippen molar-refractivity contribution >= 4 is 30.0 Å². The Morgan fingerprint density at radius 3 is 2.68 bits per heavy atom. The van der Waals surface area contributed by atoms with Gasteiger partial charge in [0.2, 0.25) is 0 Å². The molecular weight excluding hydrogens is 514 g/mol. The Hall–Kier alpha value is -4.64. The SMILES string of the molecule is Cc1cccnc1C#CC(C)NC(=O)C(=O)NCC1=CCCC=C1C(=O)NC1(c2ccc3c(c2)=CNCCC=3)CC1. The van der Waals surface area contributed by atoms with Crippen molar-refractivity contribution < 1.29 is 14.4 Å². The molecule has 3 amide bonds. The summed E-state index contributed by atoms with van der Waals surface area (Å²) in [5, 5.41) is 14.2. The van der Waals surface area contributed by atoms with Gasteiger partial charge in [-0.1, -0.05) is 42.3 Å². The van der Waals surface area contributed by atoms with Crippen LogP contribution in [0.3, 0.4) is 0 Å². The highest BCUT2D eigenvalue weighted by atomic mass is 16.2. The van der Waals surface area contributed by atoms with Gasteiger partial charge in [0.1, 0.15) is 5.69 Å². The lowest BCUT2D eigenvalue weighted by atomic mass is 9.95. The van der Waals surface area contributed by atoms with Gasteiger partial charge in [0, 0.05) is 31.1 Å². The summed E-state index contributed by atoms with van der Waals surface area (Å²) >= 11 is 0. The summed E-state index contributed by atoms with van der Waals surface area (Å²) in [7, 11) is 0. The minimum absolute atomic E-state index is 0.0843. The van der Waals surface area contributed by atoms with Gasteiger partial charge in [0.25, 0.3) is 5.91 Å². The molecule has 3 aliphatic rings. The maximum atomic E-state index is 13.5. The summed E-state index contributed by atoms with van der Waals surface area (Å²) in [5.41, 5.74) is 3.53. The largest absolute Gasteiger partial charge is 0.390 e. The third-order valence-corrected chi connectivity index (χ3v) is 7.56. The average molecular weight is 550 g/mol. The normalized spacial score (nSPS) is 17.1. The summed E-state index contributed by atoms with van der Waals surface area (Å²) < 4.78 is 0. The van der Waals surface area contributed by atoms with Crippen LogP contribution in [0.15, 0.2) is 59.8 Å². The fraction of sp³-hybridized carbons (Fsp3) is 0.333. The molecular formula is C33H35N5O3. The first-order chi connectivity index (χ1) is 19.8. The predicted molar refractivity (Wildman–Crippen MR) is 158 cm³/mol. The predicted octanol–water partition coefficient (Wildman–Crippen LogP) is 1.33. The quantitative estimate of drug-likeness (QED) is 0.321. The minimum atomic E-state index is -0.778. The molecule has 1 unspecified atom stereocenters. The van der Waals surface area contributed by atoms with E-state index in [1.54, 1.807) is 13.1 Å². The number of benzene rings is 1. The Morgan fingerprint density at radius 1 is 1.05 bits per heavy atom. The van der Waals surface area contributed by atoms with Crippen LogP contribution in [0.1, 0.15) is 55.8 Å². The average Bonchev–Trinajstić information content (AvgIpc) is 3.79. The first-order valence-corrected chi connectivity index (χ1v) is 14.1. The van der Waals surface area contributed by atoms with Crippen LogP contribution in [0.4, 0.5) is 0 Å². The van der Waals surface area contributed by atoms with E-state index in [-0.39, 0.29) is 18.0 Å². The molecule has 2 aliphatic carbocycles. The number of amides is 3. The number of pyridine rings is 1. The Kier molecular flexibility index (Phi) is 8.34. The van der Waals surface area contributed by atoms with E-state index in [0.29, 0.717) is 16.8 Å². The van der Waals surface area contributed by atoms with Crippen LogP contribution in [0.2, 0.25) is 0 Å². The molecule has 8 heteroatoms. The molecule has 41 heavy (non-hydrogen) atoms. The Bertz CT molecular complexity index is 1620. The summed E-state index contributed by atoms with van der Waals surface area (Å²) in [5.74, 6) is 4.13. The highest BCUT2D eigenvalue weighted by molar-refractivity contribution is 6.35. The minimum Gasteiger partial charge on any atom is -0.390 e. The van der Waals surface area contributed by atoms with Gasteiger partial charge in [-0.15, -0.1) is 0 Å². The van der Waals surface area contributed by atoms with Gasteiger partial charge >= 0.3 is 11.8 Å². The number of carbonyl (C=O) groups excluding carboxylic acids is 3. The zero-order valence-electron chi connectivity index (χ0n) is 23.5. The van der Waals surface area contributed by atoms with E-state index in [1.807, 2.05) is 37.4 Å². The van der Waals surface area contributed by atoms with Crippen LogP contribution in [0.25, 0.3) is 12.3 Å². The topological polar surface area (TPSA) is 112 Å². The maximum absolute atomic E-state index is 13.5. The van der Waals surface area contributed by atoms with Crippen molar-refractivity contribution in [2.75, 3.05) is 13.1 Å². The van der Waals surface area contributed by atoms with Gasteiger partial charge in [0.15, 0.2) is 0 Å². The lowest BCUT2D eigenvalue weighted by Crippen LogP contribution is -2.44. The van der Waals surface area contributed by atoms with Crippen LogP contribution in [-0.4, -0.2) is 41.8 Å². The Balaban J connectivity index is 1.18. The highest BCUT2D eigenvalue weighted by Crippen LogP contribution is 2.45. The van der Waals surface area contributed by atoms with Gasteiger partial charge in [0.05, 0.1) is 11.6 Å². The number of rotatable bonds is 6. The number of allylic oxidation sites excluding steroid dienone is 2. The zero-order chi connectivity index (χ0) is 28.8. The second-order valence-corrected chi connectivity index (χ2v) is 10.7. The molecule has 0 saturated heterocycles. The third-order valence-electron chi connectivity index (χ3n) is 7.56. The summed E-state index contributed by atoms with van der Waals surface area (Å²) in [4.78, 5) is 42.7.